The molecule has 0 saturated heterocycles. The van der Waals surface area contributed by atoms with Gasteiger partial charge in [-0.25, -0.2) is 4.79 Å². The van der Waals surface area contributed by atoms with E-state index in [0.717, 1.165) is 16.3 Å². The maximum absolute atomic E-state index is 11.6. The molecule has 2 N–H and O–H groups in total. The number of thiocarbonyl (C=S) groups is 1. The summed E-state index contributed by atoms with van der Waals surface area (Å²) in [6.45, 7) is 2.14. The van der Waals surface area contributed by atoms with E-state index in [9.17, 15) is 4.79 Å². The number of esters is 1. The van der Waals surface area contributed by atoms with E-state index in [4.69, 9.17) is 17.0 Å². The van der Waals surface area contributed by atoms with Gasteiger partial charge in [0.1, 0.15) is 0 Å². The first-order chi connectivity index (χ1) is 11.1. The fourth-order valence-corrected chi connectivity index (χ4v) is 2.72. The minimum Gasteiger partial charge on any atom is -0.462 e. The molecule has 0 fully saturated rings. The number of carbonyl (C=O) groups excluding carboxylic acids is 1. The van der Waals surface area contributed by atoms with Crippen LogP contribution in [0.1, 0.15) is 17.3 Å². The van der Waals surface area contributed by atoms with Crippen LogP contribution in [0.15, 0.2) is 53.4 Å². The van der Waals surface area contributed by atoms with Gasteiger partial charge in [0.15, 0.2) is 5.11 Å². The molecule has 0 aliphatic heterocycles. The Morgan fingerprint density at radius 2 is 1.83 bits per heavy atom. The van der Waals surface area contributed by atoms with Gasteiger partial charge in [-0.1, -0.05) is 12.1 Å². The lowest BCUT2D eigenvalue weighted by atomic mass is 10.2. The molecule has 0 saturated carbocycles. The molecule has 2 aromatic carbocycles. The average molecular weight is 346 g/mol. The summed E-state index contributed by atoms with van der Waals surface area (Å²) in [6.07, 6.45) is 2.02. The highest BCUT2D eigenvalue weighted by molar-refractivity contribution is 7.98. The normalized spacial score (nSPS) is 10.0. The van der Waals surface area contributed by atoms with E-state index in [-0.39, 0.29) is 5.97 Å². The highest BCUT2D eigenvalue weighted by atomic mass is 32.2. The monoisotopic (exact) mass is 346 g/mol. The highest BCUT2D eigenvalue weighted by Crippen LogP contribution is 2.24. The van der Waals surface area contributed by atoms with Crippen molar-refractivity contribution in [3.63, 3.8) is 0 Å². The van der Waals surface area contributed by atoms with Crippen molar-refractivity contribution in [1.29, 1.82) is 0 Å². The van der Waals surface area contributed by atoms with Crippen LogP contribution in [0.4, 0.5) is 11.4 Å². The fourth-order valence-electron chi connectivity index (χ4n) is 1.94. The quantitative estimate of drug-likeness (QED) is 0.476. The predicted octanol–water partition coefficient (Wildman–Crippen LogP) is 4.39. The maximum atomic E-state index is 11.6. The van der Waals surface area contributed by atoms with Crippen molar-refractivity contribution >= 4 is 46.4 Å². The van der Waals surface area contributed by atoms with Crippen LogP contribution in [0.25, 0.3) is 0 Å². The molecule has 0 unspecified atom stereocenters. The van der Waals surface area contributed by atoms with Crippen LogP contribution >= 0.6 is 24.0 Å². The zero-order valence-electron chi connectivity index (χ0n) is 13.0. The van der Waals surface area contributed by atoms with Crippen LogP contribution in [0.5, 0.6) is 0 Å². The summed E-state index contributed by atoms with van der Waals surface area (Å²) in [5.41, 5.74) is 2.28. The largest absolute Gasteiger partial charge is 0.462 e. The molecule has 4 nitrogen and oxygen atoms in total. The molecule has 0 aliphatic rings. The van der Waals surface area contributed by atoms with Gasteiger partial charge in [-0.05, 0) is 61.8 Å². The van der Waals surface area contributed by atoms with E-state index in [1.807, 2.05) is 30.5 Å². The van der Waals surface area contributed by atoms with Crippen LogP contribution in [-0.2, 0) is 4.74 Å². The summed E-state index contributed by atoms with van der Waals surface area (Å²) in [5, 5.41) is 6.77. The molecule has 23 heavy (non-hydrogen) atoms. The highest BCUT2D eigenvalue weighted by Gasteiger charge is 2.07. The van der Waals surface area contributed by atoms with Crippen molar-refractivity contribution < 1.29 is 9.53 Å². The molecule has 0 amide bonds. The predicted molar refractivity (Wildman–Crippen MR) is 100 cm³/mol. The lowest BCUT2D eigenvalue weighted by molar-refractivity contribution is 0.0526. The summed E-state index contributed by atoms with van der Waals surface area (Å²) in [7, 11) is 0. The molecule has 2 aromatic rings. The van der Waals surface area contributed by atoms with Gasteiger partial charge in [0.05, 0.1) is 17.9 Å². The molecule has 0 radical (unpaired) electrons. The number of benzene rings is 2. The summed E-state index contributed by atoms with van der Waals surface area (Å²) in [5.74, 6) is -0.325. The Morgan fingerprint density at radius 3 is 2.48 bits per heavy atom. The second kappa shape index (κ2) is 8.55. The van der Waals surface area contributed by atoms with E-state index >= 15 is 0 Å². The molecule has 0 aliphatic carbocycles. The zero-order valence-corrected chi connectivity index (χ0v) is 14.6. The third-order valence-corrected chi connectivity index (χ3v) is 4.01. The molecule has 6 heteroatoms. The third-order valence-electron chi connectivity index (χ3n) is 3.01. The van der Waals surface area contributed by atoms with Crippen molar-refractivity contribution in [2.45, 2.75) is 11.8 Å². The summed E-state index contributed by atoms with van der Waals surface area (Å²) in [6, 6.07) is 15.0. The number of thioether (sulfide) groups is 1. The van der Waals surface area contributed by atoms with E-state index in [1.165, 1.54) is 0 Å². The molecule has 120 valence electrons. The lowest BCUT2D eigenvalue weighted by Gasteiger charge is -2.13. The van der Waals surface area contributed by atoms with E-state index < -0.39 is 0 Å². The second-order valence-corrected chi connectivity index (χ2v) is 5.83. The Hall–Kier alpha value is -2.05. The fraction of sp³-hybridized carbons (Fsp3) is 0.176. The van der Waals surface area contributed by atoms with Gasteiger partial charge in [-0.3, -0.25) is 0 Å². The summed E-state index contributed by atoms with van der Waals surface area (Å²) < 4.78 is 4.95. The molecule has 0 heterocycles. The first kappa shape index (κ1) is 17.3. The van der Waals surface area contributed by atoms with Gasteiger partial charge in [0.25, 0.3) is 0 Å². The minimum atomic E-state index is -0.325. The number of hydrogen-bond donors (Lipinski definition) is 2. The molecule has 2 rings (SSSR count). The molecular weight excluding hydrogens is 328 g/mol. The number of anilines is 2. The Morgan fingerprint density at radius 1 is 1.13 bits per heavy atom. The second-order valence-electron chi connectivity index (χ2n) is 4.58. The van der Waals surface area contributed by atoms with Crippen molar-refractivity contribution in [2.75, 3.05) is 23.5 Å². The van der Waals surface area contributed by atoms with Crippen LogP contribution in [-0.4, -0.2) is 23.9 Å². The van der Waals surface area contributed by atoms with Gasteiger partial charge >= 0.3 is 5.97 Å². The first-order valence-corrected chi connectivity index (χ1v) is 8.75. The van der Waals surface area contributed by atoms with Crippen LogP contribution in [0.2, 0.25) is 0 Å². The van der Waals surface area contributed by atoms with Gasteiger partial charge in [-0.2, -0.15) is 0 Å². The van der Waals surface area contributed by atoms with Gasteiger partial charge < -0.3 is 15.4 Å². The minimum absolute atomic E-state index is 0.325. The Kier molecular flexibility index (Phi) is 6.43. The Bertz CT molecular complexity index is 687. The molecule has 0 spiro atoms. The molecular formula is C17H18N2O2S2. The number of para-hydroxylation sites is 1. The number of nitrogens with one attached hydrogen (secondary N) is 2. The van der Waals surface area contributed by atoms with E-state index in [0.29, 0.717) is 17.3 Å². The number of hydrogen-bond acceptors (Lipinski definition) is 4. The van der Waals surface area contributed by atoms with Crippen LogP contribution in [0, 0.1) is 0 Å². The van der Waals surface area contributed by atoms with Crippen molar-refractivity contribution in [2.24, 2.45) is 0 Å². The van der Waals surface area contributed by atoms with Crippen molar-refractivity contribution in [3.8, 4) is 0 Å². The molecule has 0 atom stereocenters. The number of ether oxygens (including phenoxy) is 1. The Balaban J connectivity index is 1.99. The zero-order chi connectivity index (χ0) is 16.7. The first-order valence-electron chi connectivity index (χ1n) is 7.12. The van der Waals surface area contributed by atoms with Crippen LogP contribution in [0.3, 0.4) is 0 Å². The molecule has 0 aromatic heterocycles. The molecule has 0 bridgehead atoms. The summed E-state index contributed by atoms with van der Waals surface area (Å²) >= 11 is 6.98. The van der Waals surface area contributed by atoms with Gasteiger partial charge in [0.2, 0.25) is 0 Å². The summed E-state index contributed by atoms with van der Waals surface area (Å²) in [4.78, 5) is 12.7. The number of rotatable bonds is 5. The topological polar surface area (TPSA) is 50.4 Å². The van der Waals surface area contributed by atoms with Gasteiger partial charge in [-0.15, -0.1) is 11.8 Å². The number of carbonyl (C=O) groups is 1. The van der Waals surface area contributed by atoms with E-state index in [2.05, 4.69) is 10.6 Å². The Labute approximate surface area is 145 Å². The van der Waals surface area contributed by atoms with E-state index in [1.54, 1.807) is 43.0 Å². The standard InChI is InChI=1S/C17H18N2O2S2/c1-3-21-16(20)12-8-10-13(11-9-12)18-17(22)19-14-6-4-5-7-15(14)23-2/h4-11H,3H2,1-2H3,(H2,18,19,22). The average Bonchev–Trinajstić information content (AvgIpc) is 2.56. The van der Waals surface area contributed by atoms with Gasteiger partial charge in [0, 0.05) is 10.6 Å². The van der Waals surface area contributed by atoms with Crippen molar-refractivity contribution in [3.05, 3.63) is 54.1 Å². The van der Waals surface area contributed by atoms with Crippen LogP contribution < -0.4 is 10.6 Å². The third kappa shape index (κ3) is 4.97. The maximum Gasteiger partial charge on any atom is 0.338 e. The lowest BCUT2D eigenvalue weighted by Crippen LogP contribution is -2.19. The SMILES string of the molecule is CCOC(=O)c1ccc(NC(=S)Nc2ccccc2SC)cc1. The smallest absolute Gasteiger partial charge is 0.338 e. The van der Waals surface area contributed by atoms with Crippen molar-refractivity contribution in [1.82, 2.24) is 0 Å².